The molecule has 0 atom stereocenters. The van der Waals surface area contributed by atoms with Gasteiger partial charge in [0.05, 0.1) is 23.2 Å². The topological polar surface area (TPSA) is 119 Å². The van der Waals surface area contributed by atoms with Gasteiger partial charge in [0.15, 0.2) is 5.13 Å². The van der Waals surface area contributed by atoms with Gasteiger partial charge < -0.3 is 11.5 Å². The Hall–Kier alpha value is -2.74. The third-order valence-electron chi connectivity index (χ3n) is 3.10. The highest BCUT2D eigenvalue weighted by molar-refractivity contribution is 7.13. The van der Waals surface area contributed by atoms with Crippen molar-refractivity contribution in [2.75, 3.05) is 11.5 Å². The van der Waals surface area contributed by atoms with E-state index >= 15 is 0 Å². The van der Waals surface area contributed by atoms with Crippen molar-refractivity contribution in [1.29, 1.82) is 0 Å². The highest BCUT2D eigenvalue weighted by atomic mass is 32.1. The Morgan fingerprint density at radius 1 is 1.24 bits per heavy atom. The number of carbonyl (C=O) groups is 3. The van der Waals surface area contributed by atoms with E-state index in [0.29, 0.717) is 15.7 Å². The average Bonchev–Trinajstić information content (AvgIpc) is 2.93. The van der Waals surface area contributed by atoms with Crippen molar-refractivity contribution in [3.05, 3.63) is 40.4 Å². The van der Waals surface area contributed by atoms with Gasteiger partial charge in [0.25, 0.3) is 11.8 Å². The molecule has 1 aromatic carbocycles. The van der Waals surface area contributed by atoms with Crippen LogP contribution in [0.2, 0.25) is 0 Å². The van der Waals surface area contributed by atoms with Crippen LogP contribution in [-0.2, 0) is 11.2 Å². The number of fused-ring (bicyclic) bond motifs is 1. The number of rotatable bonds is 2. The second-order valence-electron chi connectivity index (χ2n) is 4.46. The summed E-state index contributed by atoms with van der Waals surface area (Å²) in [6, 6.07) is 4.55. The van der Waals surface area contributed by atoms with Gasteiger partial charge in [-0.1, -0.05) is 6.07 Å². The molecule has 106 valence electrons. The van der Waals surface area contributed by atoms with Crippen molar-refractivity contribution in [3.8, 4) is 0 Å². The Bertz CT molecular complexity index is 783. The average molecular weight is 302 g/mol. The lowest BCUT2D eigenvalue weighted by Crippen LogP contribution is -2.37. The summed E-state index contributed by atoms with van der Waals surface area (Å²) in [7, 11) is 0. The fourth-order valence-corrected chi connectivity index (χ4v) is 2.74. The maximum atomic E-state index is 12.2. The summed E-state index contributed by atoms with van der Waals surface area (Å²) >= 11 is 1.19. The van der Waals surface area contributed by atoms with Crippen molar-refractivity contribution in [3.63, 3.8) is 0 Å². The van der Waals surface area contributed by atoms with E-state index in [-0.39, 0.29) is 23.2 Å². The summed E-state index contributed by atoms with van der Waals surface area (Å²) < 4.78 is 0. The molecule has 2 heterocycles. The third kappa shape index (κ3) is 2.05. The Labute approximate surface area is 123 Å². The first-order valence-corrected chi connectivity index (χ1v) is 6.87. The van der Waals surface area contributed by atoms with Gasteiger partial charge in [-0.3, -0.25) is 14.4 Å². The van der Waals surface area contributed by atoms with Crippen LogP contribution in [0.25, 0.3) is 0 Å². The second-order valence-corrected chi connectivity index (χ2v) is 5.35. The van der Waals surface area contributed by atoms with E-state index in [4.69, 9.17) is 11.5 Å². The molecule has 0 saturated heterocycles. The number of nitrogens with zero attached hydrogens (tertiary/aromatic N) is 2. The van der Waals surface area contributed by atoms with Crippen LogP contribution in [0.1, 0.15) is 26.4 Å². The number of aromatic nitrogens is 1. The molecule has 1 aliphatic heterocycles. The second kappa shape index (κ2) is 4.67. The number of hydrogen-bond donors (Lipinski definition) is 2. The minimum absolute atomic E-state index is 0.0774. The van der Waals surface area contributed by atoms with Gasteiger partial charge in [-0.05, 0) is 12.1 Å². The molecule has 1 aliphatic rings. The van der Waals surface area contributed by atoms with Crippen LogP contribution in [0.4, 0.5) is 10.8 Å². The van der Waals surface area contributed by atoms with Gasteiger partial charge in [0.2, 0.25) is 5.91 Å². The number of nitrogen functional groups attached to an aromatic ring is 2. The smallest absolute Gasteiger partial charge is 0.270 e. The zero-order chi connectivity index (χ0) is 15.1. The van der Waals surface area contributed by atoms with E-state index in [1.54, 1.807) is 11.4 Å². The molecule has 3 amide bonds. The van der Waals surface area contributed by atoms with E-state index in [1.165, 1.54) is 23.5 Å². The van der Waals surface area contributed by atoms with Crippen LogP contribution in [0.5, 0.6) is 0 Å². The predicted octanol–water partition coefficient (Wildman–Crippen LogP) is 0.673. The number of imide groups is 3. The monoisotopic (exact) mass is 302 g/mol. The molecular formula is C13H10N4O3S. The number of amides is 3. The number of nitrogens with two attached hydrogens (primary N) is 2. The summed E-state index contributed by atoms with van der Waals surface area (Å²) in [6.07, 6.45) is -0.168. The van der Waals surface area contributed by atoms with E-state index in [0.717, 1.165) is 0 Å². The van der Waals surface area contributed by atoms with Gasteiger partial charge in [-0.2, -0.15) is 0 Å². The van der Waals surface area contributed by atoms with Gasteiger partial charge in [-0.25, -0.2) is 9.88 Å². The lowest BCUT2D eigenvalue weighted by atomic mass is 10.1. The first-order valence-electron chi connectivity index (χ1n) is 5.99. The Morgan fingerprint density at radius 3 is 2.62 bits per heavy atom. The summed E-state index contributed by atoms with van der Waals surface area (Å²) in [5, 5.41) is 1.93. The fraction of sp³-hybridized carbons (Fsp3) is 0.0769. The first kappa shape index (κ1) is 13.3. The standard InChI is InChI=1S/C13H10N4O3S/c14-8-3-1-2-7-10(8)12(20)17(11(7)19)9(18)4-6-5-21-13(15)16-6/h1-3,5H,4,14H2,(H2,15,16). The molecule has 21 heavy (non-hydrogen) atoms. The maximum absolute atomic E-state index is 12.2. The minimum atomic E-state index is -0.693. The third-order valence-corrected chi connectivity index (χ3v) is 3.82. The zero-order valence-electron chi connectivity index (χ0n) is 10.7. The first-order chi connectivity index (χ1) is 9.99. The predicted molar refractivity (Wildman–Crippen MR) is 76.6 cm³/mol. The number of thiazole rings is 1. The van der Waals surface area contributed by atoms with Crippen molar-refractivity contribution >= 4 is 39.9 Å². The SMILES string of the molecule is Nc1nc(CC(=O)N2C(=O)c3cccc(N)c3C2=O)cs1. The molecule has 7 nitrogen and oxygen atoms in total. The van der Waals surface area contributed by atoms with Gasteiger partial charge in [-0.15, -0.1) is 11.3 Å². The number of carbonyl (C=O) groups excluding carboxylic acids is 3. The Morgan fingerprint density at radius 2 is 2.00 bits per heavy atom. The molecule has 3 rings (SSSR count). The molecule has 0 bridgehead atoms. The minimum Gasteiger partial charge on any atom is -0.398 e. The molecule has 8 heteroatoms. The molecule has 0 fully saturated rings. The molecule has 0 saturated carbocycles. The summed E-state index contributed by atoms with van der Waals surface area (Å²) in [5.41, 5.74) is 12.0. The molecule has 0 radical (unpaired) electrons. The van der Waals surface area contributed by atoms with E-state index in [2.05, 4.69) is 4.98 Å². The largest absolute Gasteiger partial charge is 0.398 e. The van der Waals surface area contributed by atoms with Crippen LogP contribution in [-0.4, -0.2) is 27.6 Å². The fourth-order valence-electron chi connectivity index (χ4n) is 2.18. The van der Waals surface area contributed by atoms with Crippen LogP contribution in [0.3, 0.4) is 0 Å². The molecule has 4 N–H and O–H groups in total. The van der Waals surface area contributed by atoms with Crippen molar-refractivity contribution in [2.24, 2.45) is 0 Å². The van der Waals surface area contributed by atoms with Crippen LogP contribution in [0.15, 0.2) is 23.6 Å². The van der Waals surface area contributed by atoms with Crippen molar-refractivity contribution in [2.45, 2.75) is 6.42 Å². The maximum Gasteiger partial charge on any atom is 0.270 e. The number of hydrogen-bond acceptors (Lipinski definition) is 7. The Kier molecular flexibility index (Phi) is 2.95. The quantitative estimate of drug-likeness (QED) is 0.621. The van der Waals surface area contributed by atoms with Gasteiger partial charge in [0, 0.05) is 11.1 Å². The van der Waals surface area contributed by atoms with Crippen molar-refractivity contribution in [1.82, 2.24) is 9.88 Å². The molecule has 0 aliphatic carbocycles. The Balaban J connectivity index is 1.91. The molecule has 0 spiro atoms. The summed E-state index contributed by atoms with van der Waals surface area (Å²) in [5.74, 6) is -2.00. The van der Waals surface area contributed by atoms with Crippen molar-refractivity contribution < 1.29 is 14.4 Å². The lowest BCUT2D eigenvalue weighted by molar-refractivity contribution is -0.125. The van der Waals surface area contributed by atoms with E-state index in [9.17, 15) is 14.4 Å². The molecule has 1 aromatic heterocycles. The lowest BCUT2D eigenvalue weighted by Gasteiger charge is -2.10. The summed E-state index contributed by atoms with van der Waals surface area (Å²) in [6.45, 7) is 0. The molecule has 2 aromatic rings. The number of benzene rings is 1. The number of anilines is 2. The summed E-state index contributed by atoms with van der Waals surface area (Å²) in [4.78, 5) is 41.1. The van der Waals surface area contributed by atoms with E-state index in [1.807, 2.05) is 0 Å². The van der Waals surface area contributed by atoms with Gasteiger partial charge >= 0.3 is 0 Å². The van der Waals surface area contributed by atoms with Crippen LogP contribution in [0, 0.1) is 0 Å². The zero-order valence-corrected chi connectivity index (χ0v) is 11.5. The highest BCUT2D eigenvalue weighted by Crippen LogP contribution is 2.28. The van der Waals surface area contributed by atoms with E-state index < -0.39 is 17.7 Å². The van der Waals surface area contributed by atoms with Crippen LogP contribution >= 0.6 is 11.3 Å². The molecular weight excluding hydrogens is 292 g/mol. The highest BCUT2D eigenvalue weighted by Gasteiger charge is 2.41. The normalized spacial score (nSPS) is 13.6. The van der Waals surface area contributed by atoms with Crippen LogP contribution < -0.4 is 11.5 Å². The molecule has 0 unspecified atom stereocenters. The van der Waals surface area contributed by atoms with Gasteiger partial charge in [0.1, 0.15) is 0 Å².